The van der Waals surface area contributed by atoms with E-state index in [9.17, 15) is 13.2 Å². The van der Waals surface area contributed by atoms with Gasteiger partial charge in [-0.2, -0.15) is 0 Å². The highest BCUT2D eigenvalue weighted by Crippen LogP contribution is 2.43. The molecule has 0 saturated carbocycles. The summed E-state index contributed by atoms with van der Waals surface area (Å²) in [5.41, 5.74) is 5.54. The first-order chi connectivity index (χ1) is 15.4. The van der Waals surface area contributed by atoms with Crippen LogP contribution in [-0.4, -0.2) is 64.1 Å². The minimum Gasteiger partial charge on any atom is -0.368 e. The SMILES string of the molecule is CS(=O)(=O)NC1CN(c2ccc3c(c2C=O)[C@@H](Cc2ccccc2)[C@@H](N2CCC2)CC3)C1. The first kappa shape index (κ1) is 21.6. The maximum Gasteiger partial charge on any atom is 0.209 e. The molecule has 2 aliphatic heterocycles. The number of carbonyl (C=O) groups excluding carboxylic acids is 1. The number of benzene rings is 2. The summed E-state index contributed by atoms with van der Waals surface area (Å²) in [6.45, 7) is 3.47. The topological polar surface area (TPSA) is 69.7 Å². The fourth-order valence-corrected chi connectivity index (χ4v) is 6.45. The summed E-state index contributed by atoms with van der Waals surface area (Å²) in [5, 5.41) is 0. The number of fused-ring (bicyclic) bond motifs is 1. The molecule has 32 heavy (non-hydrogen) atoms. The van der Waals surface area contributed by atoms with Gasteiger partial charge in [0.1, 0.15) is 0 Å². The Morgan fingerprint density at radius 2 is 1.84 bits per heavy atom. The van der Waals surface area contributed by atoms with Gasteiger partial charge >= 0.3 is 0 Å². The van der Waals surface area contributed by atoms with Gasteiger partial charge in [0.2, 0.25) is 10.0 Å². The van der Waals surface area contributed by atoms with E-state index in [4.69, 9.17) is 0 Å². The van der Waals surface area contributed by atoms with E-state index in [0.29, 0.717) is 19.1 Å². The maximum atomic E-state index is 12.5. The minimum atomic E-state index is -3.23. The van der Waals surface area contributed by atoms with Crippen molar-refractivity contribution in [2.45, 2.75) is 43.7 Å². The summed E-state index contributed by atoms with van der Waals surface area (Å²) < 4.78 is 25.8. The van der Waals surface area contributed by atoms with Gasteiger partial charge in [-0.3, -0.25) is 9.69 Å². The summed E-state index contributed by atoms with van der Waals surface area (Å²) in [5.74, 6) is 0.285. The first-order valence-electron chi connectivity index (χ1n) is 11.5. The molecule has 2 fully saturated rings. The van der Waals surface area contributed by atoms with Crippen LogP contribution in [0.5, 0.6) is 0 Å². The fourth-order valence-electron chi connectivity index (χ4n) is 5.69. The van der Waals surface area contributed by atoms with Crippen LogP contribution < -0.4 is 9.62 Å². The molecular formula is C25H31N3O3S. The van der Waals surface area contributed by atoms with Crippen LogP contribution in [0.4, 0.5) is 5.69 Å². The van der Waals surface area contributed by atoms with Crippen molar-refractivity contribution in [3.8, 4) is 0 Å². The second kappa shape index (κ2) is 8.61. The molecule has 0 radical (unpaired) electrons. The van der Waals surface area contributed by atoms with Crippen molar-refractivity contribution in [2.75, 3.05) is 37.3 Å². The highest BCUT2D eigenvalue weighted by molar-refractivity contribution is 7.88. The predicted molar refractivity (Wildman–Crippen MR) is 127 cm³/mol. The smallest absolute Gasteiger partial charge is 0.209 e. The van der Waals surface area contributed by atoms with E-state index in [1.54, 1.807) is 0 Å². The Bertz CT molecular complexity index is 1090. The van der Waals surface area contributed by atoms with Crippen molar-refractivity contribution in [2.24, 2.45) is 0 Å². The second-order valence-electron chi connectivity index (χ2n) is 9.47. The molecule has 1 N–H and O–H groups in total. The lowest BCUT2D eigenvalue weighted by Gasteiger charge is -2.47. The van der Waals surface area contributed by atoms with E-state index < -0.39 is 10.0 Å². The van der Waals surface area contributed by atoms with Gasteiger partial charge in [-0.1, -0.05) is 36.4 Å². The van der Waals surface area contributed by atoms with E-state index in [2.05, 4.69) is 50.9 Å². The third-order valence-electron chi connectivity index (χ3n) is 7.28. The number of aryl methyl sites for hydroxylation is 1. The molecule has 170 valence electrons. The number of likely N-dealkylation sites (tertiary alicyclic amines) is 1. The minimum absolute atomic E-state index is 0.102. The molecule has 0 spiro atoms. The van der Waals surface area contributed by atoms with Crippen LogP contribution in [0.15, 0.2) is 42.5 Å². The van der Waals surface area contributed by atoms with Gasteiger partial charge < -0.3 is 4.90 Å². The highest BCUT2D eigenvalue weighted by Gasteiger charge is 2.39. The lowest BCUT2D eigenvalue weighted by Crippen LogP contribution is -2.59. The van der Waals surface area contributed by atoms with Gasteiger partial charge in [0.25, 0.3) is 0 Å². The second-order valence-corrected chi connectivity index (χ2v) is 11.3. The molecule has 2 aromatic carbocycles. The molecule has 0 aromatic heterocycles. The van der Waals surface area contributed by atoms with Gasteiger partial charge in [0.15, 0.2) is 6.29 Å². The Morgan fingerprint density at radius 1 is 1.09 bits per heavy atom. The average Bonchev–Trinajstić information content (AvgIpc) is 2.70. The van der Waals surface area contributed by atoms with E-state index in [-0.39, 0.29) is 12.0 Å². The van der Waals surface area contributed by atoms with Crippen molar-refractivity contribution in [3.05, 3.63) is 64.7 Å². The number of hydrogen-bond donors (Lipinski definition) is 1. The zero-order valence-corrected chi connectivity index (χ0v) is 19.4. The number of hydrogen-bond acceptors (Lipinski definition) is 5. The van der Waals surface area contributed by atoms with E-state index in [0.717, 1.165) is 49.9 Å². The van der Waals surface area contributed by atoms with Crippen molar-refractivity contribution in [1.82, 2.24) is 9.62 Å². The van der Waals surface area contributed by atoms with Crippen LogP contribution in [0.25, 0.3) is 0 Å². The van der Waals surface area contributed by atoms with Gasteiger partial charge in [0, 0.05) is 36.3 Å². The normalized spacial score (nSPS) is 23.8. The molecule has 7 heteroatoms. The number of nitrogens with zero attached hydrogens (tertiary/aromatic N) is 2. The van der Waals surface area contributed by atoms with E-state index in [1.165, 1.54) is 29.4 Å². The summed E-state index contributed by atoms with van der Waals surface area (Å²) in [4.78, 5) is 17.2. The van der Waals surface area contributed by atoms with Crippen LogP contribution in [0.1, 0.15) is 45.8 Å². The fraction of sp³-hybridized carbons (Fsp3) is 0.480. The Labute approximate surface area is 190 Å². The number of sulfonamides is 1. The largest absolute Gasteiger partial charge is 0.368 e. The van der Waals surface area contributed by atoms with Crippen LogP contribution in [0.2, 0.25) is 0 Å². The molecule has 0 unspecified atom stereocenters. The Kier molecular flexibility index (Phi) is 5.82. The maximum absolute atomic E-state index is 12.5. The molecule has 1 aliphatic carbocycles. The standard InChI is InChI=1S/C25H31N3O3S/c1-32(30,31)26-20-15-28(16-20)24-11-9-19-8-10-23(27-12-5-13-27)21(25(19)22(24)17-29)14-18-6-3-2-4-7-18/h2-4,6-7,9,11,17,20-21,23,26H,5,8,10,12-16H2,1H3/t21-,23-/m0/s1. The molecule has 2 atom stereocenters. The summed E-state index contributed by atoms with van der Waals surface area (Å²) >= 11 is 0. The molecule has 5 rings (SSSR count). The van der Waals surface area contributed by atoms with E-state index in [1.807, 2.05) is 6.07 Å². The monoisotopic (exact) mass is 453 g/mol. The highest BCUT2D eigenvalue weighted by atomic mass is 32.2. The van der Waals surface area contributed by atoms with E-state index >= 15 is 0 Å². The first-order valence-corrected chi connectivity index (χ1v) is 13.4. The number of aldehydes is 1. The molecule has 3 aliphatic rings. The van der Waals surface area contributed by atoms with Crippen molar-refractivity contribution in [1.29, 1.82) is 0 Å². The summed E-state index contributed by atoms with van der Waals surface area (Å²) in [7, 11) is -3.23. The molecule has 0 bridgehead atoms. The Hall–Kier alpha value is -2.22. The lowest BCUT2D eigenvalue weighted by atomic mass is 9.72. The van der Waals surface area contributed by atoms with Crippen molar-refractivity contribution < 1.29 is 13.2 Å². The summed E-state index contributed by atoms with van der Waals surface area (Å²) in [6.07, 6.45) is 6.53. The molecule has 6 nitrogen and oxygen atoms in total. The third kappa shape index (κ3) is 4.21. The van der Waals surface area contributed by atoms with Gasteiger partial charge in [0.05, 0.1) is 12.3 Å². The average molecular weight is 454 g/mol. The molecule has 2 aromatic rings. The Morgan fingerprint density at radius 3 is 2.47 bits per heavy atom. The Balaban J connectivity index is 1.49. The van der Waals surface area contributed by atoms with Crippen LogP contribution in [0, 0.1) is 0 Å². The number of nitrogens with one attached hydrogen (secondary N) is 1. The predicted octanol–water partition coefficient (Wildman–Crippen LogP) is 2.58. The molecule has 0 amide bonds. The zero-order chi connectivity index (χ0) is 22.3. The summed E-state index contributed by atoms with van der Waals surface area (Å²) in [6, 6.07) is 15.2. The molecule has 2 saturated heterocycles. The van der Waals surface area contributed by atoms with Crippen LogP contribution in [0.3, 0.4) is 0 Å². The zero-order valence-electron chi connectivity index (χ0n) is 18.5. The van der Waals surface area contributed by atoms with Gasteiger partial charge in [-0.15, -0.1) is 0 Å². The van der Waals surface area contributed by atoms with Crippen LogP contribution >= 0.6 is 0 Å². The number of anilines is 1. The van der Waals surface area contributed by atoms with Gasteiger partial charge in [-0.05, 0) is 61.5 Å². The van der Waals surface area contributed by atoms with Crippen LogP contribution in [-0.2, 0) is 22.9 Å². The van der Waals surface area contributed by atoms with Crippen molar-refractivity contribution >= 4 is 22.0 Å². The quantitative estimate of drug-likeness (QED) is 0.653. The molecular weight excluding hydrogens is 422 g/mol. The third-order valence-corrected chi connectivity index (χ3v) is 8.04. The lowest BCUT2D eigenvalue weighted by molar-refractivity contribution is 0.0871. The number of rotatable bonds is 7. The number of carbonyl (C=O) groups is 1. The van der Waals surface area contributed by atoms with Gasteiger partial charge in [-0.25, -0.2) is 13.1 Å². The molecule has 2 heterocycles. The van der Waals surface area contributed by atoms with Crippen molar-refractivity contribution in [3.63, 3.8) is 0 Å².